The number of rotatable bonds is 3. The molecule has 6 nitrogen and oxygen atoms in total. The third-order valence-electron chi connectivity index (χ3n) is 4.43. The summed E-state index contributed by atoms with van der Waals surface area (Å²) in [5.41, 5.74) is 1.47. The van der Waals surface area contributed by atoms with Crippen molar-refractivity contribution in [3.63, 3.8) is 0 Å². The van der Waals surface area contributed by atoms with Crippen LogP contribution in [0.25, 0.3) is 0 Å². The van der Waals surface area contributed by atoms with Crippen molar-refractivity contribution in [3.05, 3.63) is 11.3 Å². The van der Waals surface area contributed by atoms with Gasteiger partial charge in [0.15, 0.2) is 0 Å². The molecule has 0 unspecified atom stereocenters. The molecule has 0 spiro atoms. The summed E-state index contributed by atoms with van der Waals surface area (Å²) < 4.78 is 0. The van der Waals surface area contributed by atoms with E-state index in [1.807, 2.05) is 7.05 Å². The van der Waals surface area contributed by atoms with Gasteiger partial charge in [-0.3, -0.25) is 0 Å². The molecule has 0 atom stereocenters. The third-order valence-corrected chi connectivity index (χ3v) is 4.43. The van der Waals surface area contributed by atoms with E-state index in [4.69, 9.17) is 0 Å². The van der Waals surface area contributed by atoms with Crippen LogP contribution in [0.3, 0.4) is 0 Å². The Labute approximate surface area is 118 Å². The molecule has 1 aromatic heterocycles. The Morgan fingerprint density at radius 3 is 2.65 bits per heavy atom. The topological polar surface area (TPSA) is 81.5 Å². The van der Waals surface area contributed by atoms with Gasteiger partial charge < -0.3 is 20.4 Å². The highest BCUT2D eigenvalue weighted by Gasteiger charge is 2.33. The molecular formula is C14H22N4O2. The average molecular weight is 278 g/mol. The number of nitrogens with one attached hydrogen (secondary N) is 1. The van der Waals surface area contributed by atoms with Gasteiger partial charge >= 0.3 is 0 Å². The summed E-state index contributed by atoms with van der Waals surface area (Å²) in [6, 6.07) is 0. The molecule has 1 aromatic rings. The van der Waals surface area contributed by atoms with E-state index in [0.717, 1.165) is 36.7 Å². The number of aliphatic hydroxyl groups excluding tert-OH is 1. The van der Waals surface area contributed by atoms with E-state index in [1.54, 1.807) is 0 Å². The van der Waals surface area contributed by atoms with E-state index in [9.17, 15) is 10.2 Å². The second-order valence-electron chi connectivity index (χ2n) is 5.77. The lowest BCUT2D eigenvalue weighted by Crippen LogP contribution is -2.47. The highest BCUT2D eigenvalue weighted by molar-refractivity contribution is 5.52. The summed E-state index contributed by atoms with van der Waals surface area (Å²) in [4.78, 5) is 11.4. The lowest BCUT2D eigenvalue weighted by atomic mass is 9.93. The molecule has 3 rings (SSSR count). The molecule has 0 bridgehead atoms. The van der Waals surface area contributed by atoms with E-state index in [1.165, 1.54) is 5.56 Å². The molecule has 0 amide bonds. The van der Waals surface area contributed by atoms with Gasteiger partial charge in [0, 0.05) is 25.7 Å². The predicted molar refractivity (Wildman–Crippen MR) is 77.1 cm³/mol. The largest absolute Gasteiger partial charge is 0.393 e. The Morgan fingerprint density at radius 1 is 1.25 bits per heavy atom. The number of hydrogen-bond donors (Lipinski definition) is 3. The number of aromatic nitrogens is 2. The summed E-state index contributed by atoms with van der Waals surface area (Å²) in [5.74, 6) is 1.68. The Kier molecular flexibility index (Phi) is 3.52. The fraction of sp³-hybridized carbons (Fsp3) is 0.714. The van der Waals surface area contributed by atoms with Crippen LogP contribution in [0, 0.1) is 0 Å². The Balaban J connectivity index is 1.82. The van der Waals surface area contributed by atoms with Crippen molar-refractivity contribution in [1.29, 1.82) is 0 Å². The van der Waals surface area contributed by atoms with Crippen LogP contribution in [-0.4, -0.2) is 52.5 Å². The van der Waals surface area contributed by atoms with Crippen molar-refractivity contribution in [2.75, 3.05) is 37.0 Å². The molecule has 0 saturated carbocycles. The SMILES string of the molecule is CNc1nc(N2CCC(O)(CO)CC2)nc2c1CCC2. The molecule has 20 heavy (non-hydrogen) atoms. The van der Waals surface area contributed by atoms with Crippen LogP contribution in [0.15, 0.2) is 0 Å². The van der Waals surface area contributed by atoms with Crippen LogP contribution in [-0.2, 0) is 12.8 Å². The van der Waals surface area contributed by atoms with Gasteiger partial charge in [-0.2, -0.15) is 4.98 Å². The normalized spacial score (nSPS) is 20.9. The monoisotopic (exact) mass is 278 g/mol. The fourth-order valence-electron chi connectivity index (χ4n) is 3.05. The Morgan fingerprint density at radius 2 is 2.00 bits per heavy atom. The molecular weight excluding hydrogens is 256 g/mol. The number of aryl methyl sites for hydroxylation is 1. The lowest BCUT2D eigenvalue weighted by Gasteiger charge is -2.37. The molecule has 1 aliphatic heterocycles. The minimum Gasteiger partial charge on any atom is -0.393 e. The summed E-state index contributed by atoms with van der Waals surface area (Å²) in [7, 11) is 1.89. The van der Waals surface area contributed by atoms with Gasteiger partial charge in [0.25, 0.3) is 0 Å². The zero-order chi connectivity index (χ0) is 14.2. The summed E-state index contributed by atoms with van der Waals surface area (Å²) in [6.45, 7) is 1.19. The van der Waals surface area contributed by atoms with Crippen LogP contribution in [0.5, 0.6) is 0 Å². The van der Waals surface area contributed by atoms with Gasteiger partial charge in [0.05, 0.1) is 17.9 Å². The van der Waals surface area contributed by atoms with Gasteiger partial charge in [0.2, 0.25) is 5.95 Å². The average Bonchev–Trinajstić information content (AvgIpc) is 2.95. The van der Waals surface area contributed by atoms with E-state index in [2.05, 4.69) is 20.2 Å². The minimum absolute atomic E-state index is 0.173. The number of nitrogens with zero attached hydrogens (tertiary/aromatic N) is 3. The summed E-state index contributed by atoms with van der Waals surface area (Å²) in [5, 5.41) is 22.4. The Bertz CT molecular complexity index is 498. The molecule has 2 heterocycles. The van der Waals surface area contributed by atoms with E-state index in [-0.39, 0.29) is 6.61 Å². The Hall–Kier alpha value is -1.40. The molecule has 2 aliphatic rings. The number of piperidine rings is 1. The van der Waals surface area contributed by atoms with Crippen molar-refractivity contribution in [2.45, 2.75) is 37.7 Å². The standard InChI is InChI=1S/C14H22N4O2/c1-15-12-10-3-2-4-11(10)16-13(17-12)18-7-5-14(20,9-19)6-8-18/h19-20H,2-9H2,1H3,(H,15,16,17). The maximum absolute atomic E-state index is 10.1. The van der Waals surface area contributed by atoms with E-state index < -0.39 is 5.60 Å². The van der Waals surface area contributed by atoms with Crippen LogP contribution >= 0.6 is 0 Å². The molecule has 0 radical (unpaired) electrons. The van der Waals surface area contributed by atoms with Crippen molar-refractivity contribution in [1.82, 2.24) is 9.97 Å². The van der Waals surface area contributed by atoms with Gasteiger partial charge in [-0.15, -0.1) is 0 Å². The molecule has 110 valence electrons. The van der Waals surface area contributed by atoms with Gasteiger partial charge in [-0.05, 0) is 32.1 Å². The molecule has 3 N–H and O–H groups in total. The maximum atomic E-state index is 10.1. The summed E-state index contributed by atoms with van der Waals surface area (Å²) >= 11 is 0. The molecule has 1 fully saturated rings. The fourth-order valence-corrected chi connectivity index (χ4v) is 3.05. The molecule has 1 saturated heterocycles. The zero-order valence-corrected chi connectivity index (χ0v) is 11.9. The summed E-state index contributed by atoms with van der Waals surface area (Å²) in [6.07, 6.45) is 4.33. The first-order valence-corrected chi connectivity index (χ1v) is 7.31. The van der Waals surface area contributed by atoms with E-state index in [0.29, 0.717) is 25.9 Å². The smallest absolute Gasteiger partial charge is 0.227 e. The number of aliphatic hydroxyl groups is 2. The highest BCUT2D eigenvalue weighted by atomic mass is 16.3. The van der Waals surface area contributed by atoms with Gasteiger partial charge in [0.1, 0.15) is 5.82 Å². The van der Waals surface area contributed by atoms with Crippen LogP contribution < -0.4 is 10.2 Å². The van der Waals surface area contributed by atoms with Crippen molar-refractivity contribution < 1.29 is 10.2 Å². The van der Waals surface area contributed by atoms with Crippen molar-refractivity contribution >= 4 is 11.8 Å². The minimum atomic E-state index is -0.931. The third kappa shape index (κ3) is 2.33. The van der Waals surface area contributed by atoms with E-state index >= 15 is 0 Å². The number of fused-ring (bicyclic) bond motifs is 1. The van der Waals surface area contributed by atoms with Crippen LogP contribution in [0.1, 0.15) is 30.5 Å². The highest BCUT2D eigenvalue weighted by Crippen LogP contribution is 2.30. The first kappa shape index (κ1) is 13.6. The first-order valence-electron chi connectivity index (χ1n) is 7.31. The van der Waals surface area contributed by atoms with Crippen LogP contribution in [0.4, 0.5) is 11.8 Å². The zero-order valence-electron chi connectivity index (χ0n) is 11.9. The molecule has 1 aliphatic carbocycles. The lowest BCUT2D eigenvalue weighted by molar-refractivity contribution is -0.0327. The number of anilines is 2. The first-order chi connectivity index (χ1) is 9.65. The van der Waals surface area contributed by atoms with Crippen LogP contribution in [0.2, 0.25) is 0 Å². The second-order valence-corrected chi connectivity index (χ2v) is 5.77. The van der Waals surface area contributed by atoms with Gasteiger partial charge in [-0.1, -0.05) is 0 Å². The maximum Gasteiger partial charge on any atom is 0.227 e. The second kappa shape index (κ2) is 5.18. The van der Waals surface area contributed by atoms with Gasteiger partial charge in [-0.25, -0.2) is 4.98 Å². The molecule has 6 heteroatoms. The van der Waals surface area contributed by atoms with Crippen molar-refractivity contribution in [2.24, 2.45) is 0 Å². The number of hydrogen-bond acceptors (Lipinski definition) is 6. The van der Waals surface area contributed by atoms with Crippen molar-refractivity contribution in [3.8, 4) is 0 Å². The quantitative estimate of drug-likeness (QED) is 0.739. The predicted octanol–water partition coefficient (Wildman–Crippen LogP) is 0.331. The molecule has 0 aromatic carbocycles.